The molecule has 0 radical (unpaired) electrons. The Morgan fingerprint density at radius 2 is 1.24 bits per heavy atom. The van der Waals surface area contributed by atoms with Gasteiger partial charge in [-0.3, -0.25) is 0 Å². The number of hydrogen-bond acceptors (Lipinski definition) is 0. The maximum Gasteiger partial charge on any atom is 0.0442 e. The van der Waals surface area contributed by atoms with Gasteiger partial charge in [0.1, 0.15) is 0 Å². The summed E-state index contributed by atoms with van der Waals surface area (Å²) < 4.78 is 0. The van der Waals surface area contributed by atoms with Gasteiger partial charge < -0.3 is 0 Å². The normalized spacial score (nSPS) is 11.2. The highest BCUT2D eigenvalue weighted by Crippen LogP contribution is 2.13. The van der Waals surface area contributed by atoms with Crippen LogP contribution in [0.4, 0.5) is 0 Å². The van der Waals surface area contributed by atoms with Gasteiger partial charge in [0.05, 0.1) is 0 Å². The summed E-state index contributed by atoms with van der Waals surface area (Å²) in [5.74, 6) is 0. The second kappa shape index (κ2) is 18.7. The van der Waals surface area contributed by atoms with Gasteiger partial charge in [0, 0.05) is 35.9 Å². The van der Waals surface area contributed by atoms with Crippen LogP contribution in [0.25, 0.3) is 0 Å². The Labute approximate surface area is 145 Å². The van der Waals surface area contributed by atoms with Crippen molar-refractivity contribution in [1.82, 2.24) is 0 Å². The first-order chi connectivity index (χ1) is 9.12. The molecular formula is C17H48Si4. The van der Waals surface area contributed by atoms with Gasteiger partial charge in [-0.2, -0.15) is 0 Å². The second-order valence-corrected chi connectivity index (χ2v) is 22.7. The smallest absolute Gasteiger partial charge is 0.0442 e. The van der Waals surface area contributed by atoms with E-state index in [0.717, 1.165) is 0 Å². The molecule has 21 heavy (non-hydrogen) atoms. The van der Waals surface area contributed by atoms with Crippen LogP contribution in [-0.2, 0) is 0 Å². The molecule has 0 aromatic rings. The first-order valence-electron chi connectivity index (χ1n) is 8.62. The molecule has 4 heteroatoms. The second-order valence-electron chi connectivity index (χ2n) is 8.04. The van der Waals surface area contributed by atoms with Gasteiger partial charge in [0.2, 0.25) is 0 Å². The zero-order chi connectivity index (χ0) is 16.7. The molecule has 0 aliphatic carbocycles. The number of hydrogen-bond donors (Lipinski definition) is 0. The molecule has 0 spiro atoms. The fourth-order valence-corrected chi connectivity index (χ4v) is 7.18. The SMILES string of the molecule is C.C=C.CC[SiH2]CCC[Si](C)(C)C.C[Si](C)(C)CCC[SiH3]. The van der Waals surface area contributed by atoms with E-state index in [0.29, 0.717) is 9.52 Å². The van der Waals surface area contributed by atoms with Crippen LogP contribution in [0, 0.1) is 0 Å². The van der Waals surface area contributed by atoms with Crippen molar-refractivity contribution in [1.29, 1.82) is 0 Å². The van der Waals surface area contributed by atoms with Crippen molar-refractivity contribution in [2.45, 2.75) is 96.7 Å². The molecule has 0 aromatic heterocycles. The lowest BCUT2D eigenvalue weighted by atomic mass is 10.6. The fraction of sp³-hybridized carbons (Fsp3) is 0.882. The van der Waals surface area contributed by atoms with Crippen molar-refractivity contribution in [2.24, 2.45) is 0 Å². The summed E-state index contributed by atoms with van der Waals surface area (Å²) in [5.41, 5.74) is 0. The van der Waals surface area contributed by atoms with Crippen LogP contribution in [0.5, 0.6) is 0 Å². The zero-order valence-electron chi connectivity index (χ0n) is 16.1. The molecule has 0 aromatic carbocycles. The third-order valence-corrected chi connectivity index (χ3v) is 9.18. The van der Waals surface area contributed by atoms with Crippen LogP contribution in [0.15, 0.2) is 13.2 Å². The standard InChI is InChI=1S/C8H22Si2.C6H18Si2.C2H4.CH4/c1-5-9-7-6-8-10(2,3)4;1-8(2,3)6-4-5-7;1-2;/h5-9H2,1-4H3;4-6H2,1-3,7H3;1-2H2;1H4. The van der Waals surface area contributed by atoms with Gasteiger partial charge >= 0.3 is 0 Å². The summed E-state index contributed by atoms with van der Waals surface area (Å²) in [6.07, 6.45) is 3.04. The molecular weight excluding hydrogens is 317 g/mol. The van der Waals surface area contributed by atoms with E-state index in [1.54, 1.807) is 12.1 Å². The molecule has 0 saturated carbocycles. The van der Waals surface area contributed by atoms with Crippen LogP contribution >= 0.6 is 0 Å². The van der Waals surface area contributed by atoms with Gasteiger partial charge in [0.25, 0.3) is 0 Å². The molecule has 0 fully saturated rings. The van der Waals surface area contributed by atoms with Crippen molar-refractivity contribution >= 4 is 35.9 Å². The topological polar surface area (TPSA) is 0 Å². The molecule has 0 saturated heterocycles. The van der Waals surface area contributed by atoms with E-state index in [1.807, 2.05) is 0 Å². The quantitative estimate of drug-likeness (QED) is 0.295. The van der Waals surface area contributed by atoms with E-state index in [1.165, 1.54) is 41.2 Å². The predicted octanol–water partition coefficient (Wildman–Crippen LogP) is 5.68. The molecule has 0 aliphatic heterocycles. The first-order valence-corrected chi connectivity index (χ1v) is 19.4. The molecule has 0 N–H and O–H groups in total. The molecule has 0 heterocycles. The maximum atomic E-state index is 3.00. The lowest BCUT2D eigenvalue weighted by Crippen LogP contribution is -2.18. The monoisotopic (exact) mass is 364 g/mol. The van der Waals surface area contributed by atoms with Crippen LogP contribution in [-0.4, -0.2) is 35.9 Å². The van der Waals surface area contributed by atoms with Gasteiger partial charge in [0.15, 0.2) is 0 Å². The Kier molecular flexibility index (Phi) is 26.3. The van der Waals surface area contributed by atoms with E-state index in [2.05, 4.69) is 59.4 Å². The highest BCUT2D eigenvalue weighted by molar-refractivity contribution is 6.76. The Bertz CT molecular complexity index is 180. The lowest BCUT2D eigenvalue weighted by molar-refractivity contribution is 1.03. The Balaban J connectivity index is -0.000000120. The average Bonchev–Trinajstić information content (AvgIpc) is 2.33. The lowest BCUT2D eigenvalue weighted by Gasteiger charge is -2.14. The van der Waals surface area contributed by atoms with Crippen molar-refractivity contribution in [3.05, 3.63) is 13.2 Å². The summed E-state index contributed by atoms with van der Waals surface area (Å²) >= 11 is 0. The third kappa shape index (κ3) is 44.9. The molecule has 0 rings (SSSR count). The molecule has 0 aliphatic rings. The van der Waals surface area contributed by atoms with Crippen molar-refractivity contribution in [3.8, 4) is 0 Å². The van der Waals surface area contributed by atoms with Crippen molar-refractivity contribution < 1.29 is 0 Å². The highest BCUT2D eigenvalue weighted by atomic mass is 28.3. The van der Waals surface area contributed by atoms with Crippen LogP contribution < -0.4 is 0 Å². The Morgan fingerprint density at radius 1 is 0.857 bits per heavy atom. The Morgan fingerprint density at radius 3 is 1.48 bits per heavy atom. The first kappa shape index (κ1) is 29.6. The van der Waals surface area contributed by atoms with Gasteiger partial charge in [-0.25, -0.2) is 0 Å². The minimum Gasteiger partial charge on any atom is -0.106 e. The molecule has 0 amide bonds. The van der Waals surface area contributed by atoms with E-state index >= 15 is 0 Å². The summed E-state index contributed by atoms with van der Waals surface area (Å²) in [5, 5.41) is 0. The van der Waals surface area contributed by atoms with Gasteiger partial charge in [-0.1, -0.05) is 96.7 Å². The summed E-state index contributed by atoms with van der Waals surface area (Å²) in [6.45, 7) is 23.1. The molecule has 132 valence electrons. The zero-order valence-corrected chi connectivity index (χ0v) is 21.5. The largest absolute Gasteiger partial charge is 0.106 e. The highest BCUT2D eigenvalue weighted by Gasteiger charge is 2.11. The molecule has 0 unspecified atom stereocenters. The number of rotatable bonds is 8. The third-order valence-electron chi connectivity index (χ3n) is 3.06. The molecule has 0 atom stereocenters. The summed E-state index contributed by atoms with van der Waals surface area (Å²) in [7, 11) is 0.439. The van der Waals surface area contributed by atoms with Crippen LogP contribution in [0.1, 0.15) is 27.2 Å². The minimum atomic E-state index is -0.685. The van der Waals surface area contributed by atoms with Crippen molar-refractivity contribution in [3.63, 3.8) is 0 Å². The van der Waals surface area contributed by atoms with E-state index in [-0.39, 0.29) is 7.43 Å². The molecule has 0 bridgehead atoms. The fourth-order valence-electron chi connectivity index (χ4n) is 1.79. The van der Waals surface area contributed by atoms with E-state index < -0.39 is 16.1 Å². The van der Waals surface area contributed by atoms with Crippen LogP contribution in [0.2, 0.25) is 69.5 Å². The van der Waals surface area contributed by atoms with Crippen molar-refractivity contribution in [2.75, 3.05) is 0 Å². The average molecular weight is 365 g/mol. The molecule has 0 nitrogen and oxygen atoms in total. The van der Waals surface area contributed by atoms with Gasteiger partial charge in [-0.05, 0) is 0 Å². The summed E-state index contributed by atoms with van der Waals surface area (Å²) in [6, 6.07) is 7.70. The van der Waals surface area contributed by atoms with E-state index in [4.69, 9.17) is 0 Å². The summed E-state index contributed by atoms with van der Waals surface area (Å²) in [4.78, 5) is 0. The van der Waals surface area contributed by atoms with E-state index in [9.17, 15) is 0 Å². The maximum absolute atomic E-state index is 3.00. The van der Waals surface area contributed by atoms with Gasteiger partial charge in [-0.15, -0.1) is 13.2 Å². The predicted molar refractivity (Wildman–Crippen MR) is 122 cm³/mol. The minimum absolute atomic E-state index is 0. The Hall–Kier alpha value is 0.608. The van der Waals surface area contributed by atoms with Crippen LogP contribution in [0.3, 0.4) is 0 Å².